The van der Waals surface area contributed by atoms with Gasteiger partial charge in [0.2, 0.25) is 0 Å². The quantitative estimate of drug-likeness (QED) is 0.116. The zero-order chi connectivity index (χ0) is 44.2. The van der Waals surface area contributed by atoms with Gasteiger partial charge in [0, 0.05) is 5.41 Å². The Bertz CT molecular complexity index is 2800. The van der Waals surface area contributed by atoms with E-state index in [1.165, 1.54) is 27.8 Å². The molecule has 0 aliphatic heterocycles. The molecule has 6 heteroatoms. The van der Waals surface area contributed by atoms with Gasteiger partial charge >= 0.3 is 0 Å². The van der Waals surface area contributed by atoms with Crippen LogP contribution in [-0.4, -0.2) is 20.4 Å². The molecule has 0 amide bonds. The largest absolute Gasteiger partial charge is 0.508 e. The standard InChI is InChI=1S/C58H50O6/c1-37-35-57(38-11-19-42(59)20-12-38,39-13-21-43(60)22-14-39)36-56(2,3)55(37)51-8-6-10-53-54(51)50-7-4-5-9-52(50)58(53,40-15-27-46(28-16-40)63-48-31-23-44(61)24-32-48)41-17-29-47(30-18-41)64-49-33-25-45(62)26-34-49/h4-34,37,55,59-62H,35-36H2,1-3H3. The lowest BCUT2D eigenvalue weighted by molar-refractivity contribution is 0.0912. The van der Waals surface area contributed by atoms with Gasteiger partial charge in [0.05, 0.1) is 5.41 Å². The van der Waals surface area contributed by atoms with Gasteiger partial charge in [0.25, 0.3) is 0 Å². The topological polar surface area (TPSA) is 99.4 Å². The normalized spacial score (nSPS) is 17.8. The molecule has 0 spiro atoms. The van der Waals surface area contributed by atoms with Crippen molar-refractivity contribution >= 4 is 0 Å². The van der Waals surface area contributed by atoms with Gasteiger partial charge in [-0.3, -0.25) is 0 Å². The summed E-state index contributed by atoms with van der Waals surface area (Å²) in [6, 6.07) is 61.4. The Morgan fingerprint density at radius 2 is 0.828 bits per heavy atom. The maximum atomic E-state index is 10.4. The first kappa shape index (κ1) is 40.6. The lowest BCUT2D eigenvalue weighted by Crippen LogP contribution is -2.45. The lowest BCUT2D eigenvalue weighted by atomic mass is 9.50. The van der Waals surface area contributed by atoms with Gasteiger partial charge in [-0.1, -0.05) is 112 Å². The molecule has 0 radical (unpaired) electrons. The second-order valence-corrected chi connectivity index (χ2v) is 18.3. The van der Waals surface area contributed by atoms with E-state index in [0.717, 1.165) is 35.1 Å². The number of rotatable bonds is 9. The van der Waals surface area contributed by atoms with Crippen molar-refractivity contribution in [3.63, 3.8) is 0 Å². The highest BCUT2D eigenvalue weighted by atomic mass is 16.5. The molecule has 1 fully saturated rings. The van der Waals surface area contributed by atoms with Crippen LogP contribution in [0.2, 0.25) is 0 Å². The van der Waals surface area contributed by atoms with Crippen molar-refractivity contribution in [2.45, 2.75) is 50.4 Å². The van der Waals surface area contributed by atoms with Crippen molar-refractivity contribution in [1.29, 1.82) is 0 Å². The van der Waals surface area contributed by atoms with Crippen LogP contribution in [0.3, 0.4) is 0 Å². The molecule has 0 heterocycles. The van der Waals surface area contributed by atoms with Gasteiger partial charge < -0.3 is 29.9 Å². The first-order valence-electron chi connectivity index (χ1n) is 21.9. The van der Waals surface area contributed by atoms with Crippen LogP contribution >= 0.6 is 0 Å². The summed E-state index contributed by atoms with van der Waals surface area (Å²) in [7, 11) is 0. The van der Waals surface area contributed by atoms with Crippen LogP contribution in [0.25, 0.3) is 11.1 Å². The maximum Gasteiger partial charge on any atom is 0.127 e. The first-order valence-corrected chi connectivity index (χ1v) is 21.9. The molecule has 318 valence electrons. The number of ether oxygens (including phenoxy) is 2. The van der Waals surface area contributed by atoms with Gasteiger partial charge in [0.15, 0.2) is 0 Å². The summed E-state index contributed by atoms with van der Waals surface area (Å²) < 4.78 is 12.5. The highest BCUT2D eigenvalue weighted by Crippen LogP contribution is 2.64. The molecule has 8 aromatic carbocycles. The van der Waals surface area contributed by atoms with Crippen LogP contribution in [0.5, 0.6) is 46.0 Å². The summed E-state index contributed by atoms with van der Waals surface area (Å²) in [6.07, 6.45) is 1.73. The molecule has 8 aromatic rings. The van der Waals surface area contributed by atoms with Crippen molar-refractivity contribution in [1.82, 2.24) is 0 Å². The molecule has 6 nitrogen and oxygen atoms in total. The summed E-state index contributed by atoms with van der Waals surface area (Å²) in [5.41, 5.74) is 9.44. The van der Waals surface area contributed by atoms with E-state index in [0.29, 0.717) is 23.0 Å². The third-order valence-corrected chi connectivity index (χ3v) is 13.8. The fourth-order valence-corrected chi connectivity index (χ4v) is 11.5. The van der Waals surface area contributed by atoms with E-state index in [2.05, 4.69) is 112 Å². The van der Waals surface area contributed by atoms with Gasteiger partial charge in [-0.15, -0.1) is 0 Å². The third-order valence-electron chi connectivity index (χ3n) is 13.8. The number of hydrogen-bond acceptors (Lipinski definition) is 6. The Balaban J connectivity index is 1.12. The third kappa shape index (κ3) is 6.90. The van der Waals surface area contributed by atoms with E-state index in [1.54, 1.807) is 72.8 Å². The minimum atomic E-state index is -0.708. The van der Waals surface area contributed by atoms with Crippen molar-refractivity contribution < 1.29 is 29.9 Å². The number of hydrogen-bond donors (Lipinski definition) is 4. The summed E-state index contributed by atoms with van der Waals surface area (Å²) in [5.74, 6) is 3.90. The predicted octanol–water partition coefficient (Wildman–Crippen LogP) is 14.0. The van der Waals surface area contributed by atoms with Crippen molar-refractivity contribution in [3.8, 4) is 57.1 Å². The monoisotopic (exact) mass is 842 g/mol. The predicted molar refractivity (Wildman–Crippen MR) is 252 cm³/mol. The summed E-state index contributed by atoms with van der Waals surface area (Å²) in [5, 5.41) is 40.5. The molecule has 4 N–H and O–H groups in total. The second kappa shape index (κ2) is 15.7. The average Bonchev–Trinajstić information content (AvgIpc) is 3.60. The second-order valence-electron chi connectivity index (χ2n) is 18.3. The minimum Gasteiger partial charge on any atom is -0.508 e. The Hall–Kier alpha value is -7.44. The fraction of sp³-hybridized carbons (Fsp3) is 0.172. The van der Waals surface area contributed by atoms with E-state index in [-0.39, 0.29) is 45.7 Å². The highest BCUT2D eigenvalue weighted by Gasteiger charge is 2.53. The van der Waals surface area contributed by atoms with Crippen molar-refractivity contribution in [2.24, 2.45) is 11.3 Å². The van der Waals surface area contributed by atoms with Crippen LogP contribution in [0.1, 0.15) is 78.5 Å². The molecular weight excluding hydrogens is 793 g/mol. The molecule has 2 unspecified atom stereocenters. The van der Waals surface area contributed by atoms with Crippen LogP contribution in [-0.2, 0) is 10.8 Å². The van der Waals surface area contributed by atoms with E-state index < -0.39 is 5.41 Å². The summed E-state index contributed by atoms with van der Waals surface area (Å²) >= 11 is 0. The van der Waals surface area contributed by atoms with Crippen molar-refractivity contribution in [2.75, 3.05) is 0 Å². The number of aromatic hydroxyl groups is 4. The van der Waals surface area contributed by atoms with Gasteiger partial charge in [-0.05, 0) is 177 Å². The number of fused-ring (bicyclic) bond motifs is 3. The van der Waals surface area contributed by atoms with Crippen molar-refractivity contribution in [3.05, 3.63) is 227 Å². The average molecular weight is 843 g/mol. The maximum absolute atomic E-state index is 10.4. The Labute approximate surface area is 374 Å². The molecule has 2 aliphatic carbocycles. The van der Waals surface area contributed by atoms with E-state index in [9.17, 15) is 20.4 Å². The van der Waals surface area contributed by atoms with Gasteiger partial charge in [-0.2, -0.15) is 0 Å². The molecule has 10 rings (SSSR count). The molecule has 2 aliphatic rings. The zero-order valence-electron chi connectivity index (χ0n) is 36.1. The molecule has 64 heavy (non-hydrogen) atoms. The SMILES string of the molecule is CC1CC(c2ccc(O)cc2)(c2ccc(O)cc2)CC(C)(C)C1c1cccc2c1-c1ccccc1C2(c1ccc(Oc2ccc(O)cc2)cc1)c1ccc(Oc2ccc(O)cc2)cc1. The zero-order valence-corrected chi connectivity index (χ0v) is 36.1. The number of benzene rings is 8. The molecule has 0 saturated heterocycles. The summed E-state index contributed by atoms with van der Waals surface area (Å²) in [4.78, 5) is 0. The lowest BCUT2D eigenvalue weighted by Gasteiger charge is -2.54. The number of phenolic OH excluding ortho intramolecular Hbond substituents is 4. The first-order chi connectivity index (χ1) is 30.9. The van der Waals surface area contributed by atoms with Crippen LogP contribution < -0.4 is 9.47 Å². The highest BCUT2D eigenvalue weighted by molar-refractivity contribution is 5.88. The van der Waals surface area contributed by atoms with Gasteiger partial charge in [-0.25, -0.2) is 0 Å². The summed E-state index contributed by atoms with van der Waals surface area (Å²) in [6.45, 7) is 7.22. The molecule has 0 aromatic heterocycles. The van der Waals surface area contributed by atoms with E-state index >= 15 is 0 Å². The molecule has 1 saturated carbocycles. The molecule has 0 bridgehead atoms. The van der Waals surface area contributed by atoms with Crippen LogP contribution in [0.4, 0.5) is 0 Å². The minimum absolute atomic E-state index is 0.177. The Morgan fingerprint density at radius 3 is 1.28 bits per heavy atom. The van der Waals surface area contributed by atoms with Crippen LogP contribution in [0, 0.1) is 11.3 Å². The van der Waals surface area contributed by atoms with E-state index in [4.69, 9.17) is 9.47 Å². The number of phenols is 4. The molecular formula is C58H50O6. The molecule has 2 atom stereocenters. The van der Waals surface area contributed by atoms with E-state index in [1.807, 2.05) is 24.3 Å². The fourth-order valence-electron chi connectivity index (χ4n) is 11.5. The smallest absolute Gasteiger partial charge is 0.127 e. The Kier molecular flexibility index (Phi) is 9.98. The Morgan fingerprint density at radius 1 is 0.438 bits per heavy atom. The van der Waals surface area contributed by atoms with Gasteiger partial charge in [0.1, 0.15) is 46.0 Å². The van der Waals surface area contributed by atoms with Crippen LogP contribution in [0.15, 0.2) is 188 Å².